The molecule has 0 radical (unpaired) electrons. The molecule has 41 heavy (non-hydrogen) atoms. The summed E-state index contributed by atoms with van der Waals surface area (Å²) in [4.78, 5) is 19.7. The Labute approximate surface area is 234 Å². The number of hydrogen-bond acceptors (Lipinski definition) is 3. The normalized spacial score (nSPS) is 16.4. The van der Waals surface area contributed by atoms with Gasteiger partial charge in [-0.05, 0) is 65.6 Å². The molecular formula is C32H27F4N3O2. The molecular weight excluding hydrogens is 534 g/mol. The van der Waals surface area contributed by atoms with E-state index >= 15 is 0 Å². The van der Waals surface area contributed by atoms with Gasteiger partial charge in [0.1, 0.15) is 29.1 Å². The molecule has 1 aliphatic carbocycles. The maximum Gasteiger partial charge on any atom is 0.251 e. The molecule has 4 aromatic rings. The SMILES string of the molecule is C/C(=N\c1ccc2c(c1)[C@@H](NC(=O)c1ccc(-c3c(F)cc(F)cc3F)cc1)[C@H](O)C2)N(C)Cc1ccc(F)cc1. The lowest BCUT2D eigenvalue weighted by atomic mass is 10.0. The van der Waals surface area contributed by atoms with Crippen molar-refractivity contribution in [2.24, 2.45) is 4.99 Å². The number of aliphatic hydroxyl groups excluding tert-OH is 1. The molecule has 5 rings (SSSR count). The summed E-state index contributed by atoms with van der Waals surface area (Å²) in [7, 11) is 1.88. The van der Waals surface area contributed by atoms with Crippen LogP contribution in [0.25, 0.3) is 11.1 Å². The van der Waals surface area contributed by atoms with Crippen molar-refractivity contribution in [3.05, 3.63) is 124 Å². The van der Waals surface area contributed by atoms with Gasteiger partial charge in [0, 0.05) is 37.7 Å². The Bertz CT molecular complexity index is 1600. The van der Waals surface area contributed by atoms with Crippen LogP contribution in [-0.4, -0.2) is 34.9 Å². The molecule has 5 nitrogen and oxygen atoms in total. The number of fused-ring (bicyclic) bond motifs is 1. The van der Waals surface area contributed by atoms with E-state index in [-0.39, 0.29) is 22.5 Å². The minimum atomic E-state index is -1.04. The standard InChI is InChI=1S/C32H27F4N3O2/c1-18(39(2)17-19-3-10-23(33)11-4-19)37-25-12-9-22-13-29(40)31(26(22)16-25)38-32(41)21-7-5-20(6-8-21)30-27(35)14-24(34)15-28(30)36/h3-12,14-16,29,31,40H,13,17H2,1-2H3,(H,38,41)/b37-18+/t29-,31-/m1/s1. The van der Waals surface area contributed by atoms with Crippen molar-refractivity contribution >= 4 is 17.4 Å². The number of nitrogens with zero attached hydrogens (tertiary/aromatic N) is 2. The third-order valence-electron chi connectivity index (χ3n) is 7.18. The number of nitrogens with one attached hydrogen (secondary N) is 1. The Morgan fingerprint density at radius 1 is 0.927 bits per heavy atom. The van der Waals surface area contributed by atoms with Crippen molar-refractivity contribution in [2.75, 3.05) is 7.05 Å². The number of amides is 1. The van der Waals surface area contributed by atoms with E-state index in [1.165, 1.54) is 36.4 Å². The molecule has 0 fully saturated rings. The van der Waals surface area contributed by atoms with E-state index in [2.05, 4.69) is 5.32 Å². The van der Waals surface area contributed by atoms with Gasteiger partial charge in [0.05, 0.1) is 23.4 Å². The Kier molecular flexibility index (Phi) is 7.90. The van der Waals surface area contributed by atoms with Gasteiger partial charge in [-0.2, -0.15) is 0 Å². The summed E-state index contributed by atoms with van der Waals surface area (Å²) in [5, 5.41) is 13.6. The number of halogens is 4. The highest BCUT2D eigenvalue weighted by atomic mass is 19.1. The van der Waals surface area contributed by atoms with Crippen LogP contribution in [0.2, 0.25) is 0 Å². The first kappa shape index (κ1) is 28.0. The van der Waals surface area contributed by atoms with E-state index in [0.717, 1.165) is 22.5 Å². The second kappa shape index (κ2) is 11.5. The van der Waals surface area contributed by atoms with E-state index < -0.39 is 35.5 Å². The quantitative estimate of drug-likeness (QED) is 0.161. The third kappa shape index (κ3) is 6.15. The van der Waals surface area contributed by atoms with Gasteiger partial charge >= 0.3 is 0 Å². The van der Waals surface area contributed by atoms with E-state index in [9.17, 15) is 27.5 Å². The van der Waals surface area contributed by atoms with Crippen LogP contribution in [0.4, 0.5) is 23.2 Å². The molecule has 0 spiro atoms. The molecule has 0 unspecified atom stereocenters. The van der Waals surface area contributed by atoms with Crippen molar-refractivity contribution in [2.45, 2.75) is 32.0 Å². The van der Waals surface area contributed by atoms with Gasteiger partial charge in [-0.3, -0.25) is 4.79 Å². The molecule has 0 saturated carbocycles. The highest BCUT2D eigenvalue weighted by Gasteiger charge is 2.32. The number of carbonyl (C=O) groups excluding carboxylic acids is 1. The molecule has 210 valence electrons. The van der Waals surface area contributed by atoms with Crippen LogP contribution in [0.1, 0.15) is 40.0 Å². The van der Waals surface area contributed by atoms with Crippen molar-refractivity contribution in [1.29, 1.82) is 0 Å². The minimum absolute atomic E-state index is 0.157. The fourth-order valence-corrected chi connectivity index (χ4v) is 4.93. The maximum absolute atomic E-state index is 14.2. The van der Waals surface area contributed by atoms with Crippen LogP contribution < -0.4 is 5.32 Å². The smallest absolute Gasteiger partial charge is 0.251 e. The van der Waals surface area contributed by atoms with Gasteiger partial charge in [0.2, 0.25) is 0 Å². The molecule has 0 saturated heterocycles. The van der Waals surface area contributed by atoms with E-state index in [0.29, 0.717) is 30.8 Å². The molecule has 1 aliphatic rings. The van der Waals surface area contributed by atoms with Crippen LogP contribution in [0, 0.1) is 23.3 Å². The van der Waals surface area contributed by atoms with E-state index in [1.807, 2.05) is 37.1 Å². The summed E-state index contributed by atoms with van der Waals surface area (Å²) in [6, 6.07) is 17.9. The number of benzene rings is 4. The topological polar surface area (TPSA) is 64.9 Å². The van der Waals surface area contributed by atoms with Crippen LogP contribution in [0.15, 0.2) is 83.9 Å². The highest BCUT2D eigenvalue weighted by Crippen LogP contribution is 2.35. The molecule has 0 heterocycles. The van der Waals surface area contributed by atoms with E-state index in [1.54, 1.807) is 12.1 Å². The van der Waals surface area contributed by atoms with Crippen molar-refractivity contribution in [3.63, 3.8) is 0 Å². The lowest BCUT2D eigenvalue weighted by molar-refractivity contribution is 0.0858. The molecule has 9 heteroatoms. The first-order chi connectivity index (χ1) is 19.6. The lowest BCUT2D eigenvalue weighted by Gasteiger charge is -2.20. The van der Waals surface area contributed by atoms with Gasteiger partial charge < -0.3 is 15.3 Å². The van der Waals surface area contributed by atoms with Crippen LogP contribution in [0.5, 0.6) is 0 Å². The zero-order chi connectivity index (χ0) is 29.3. The zero-order valence-electron chi connectivity index (χ0n) is 22.3. The first-order valence-electron chi connectivity index (χ1n) is 13.0. The number of hydrogen-bond donors (Lipinski definition) is 2. The van der Waals surface area contributed by atoms with Gasteiger partial charge in [-0.1, -0.05) is 30.3 Å². The average molecular weight is 562 g/mol. The average Bonchev–Trinajstić information content (AvgIpc) is 3.23. The number of amidine groups is 1. The Balaban J connectivity index is 1.31. The number of rotatable bonds is 6. The molecule has 2 atom stereocenters. The van der Waals surface area contributed by atoms with Crippen LogP contribution >= 0.6 is 0 Å². The molecule has 0 aliphatic heterocycles. The van der Waals surface area contributed by atoms with Crippen molar-refractivity contribution in [1.82, 2.24) is 10.2 Å². The predicted molar refractivity (Wildman–Crippen MR) is 149 cm³/mol. The highest BCUT2D eigenvalue weighted by molar-refractivity contribution is 5.95. The largest absolute Gasteiger partial charge is 0.390 e. The van der Waals surface area contributed by atoms with Gasteiger partial charge in [0.15, 0.2) is 0 Å². The monoisotopic (exact) mass is 561 g/mol. The van der Waals surface area contributed by atoms with Gasteiger partial charge in [-0.15, -0.1) is 0 Å². The summed E-state index contributed by atoms with van der Waals surface area (Å²) in [6.45, 7) is 2.40. The lowest BCUT2D eigenvalue weighted by Crippen LogP contribution is -2.33. The molecule has 4 aromatic carbocycles. The number of aliphatic imine (C=N–C) groups is 1. The Morgan fingerprint density at radius 3 is 2.24 bits per heavy atom. The second-order valence-electron chi connectivity index (χ2n) is 10.1. The molecule has 0 bridgehead atoms. The van der Waals surface area contributed by atoms with Crippen LogP contribution in [0.3, 0.4) is 0 Å². The Morgan fingerprint density at radius 2 is 1.59 bits per heavy atom. The van der Waals surface area contributed by atoms with Crippen molar-refractivity contribution < 1.29 is 27.5 Å². The first-order valence-corrected chi connectivity index (χ1v) is 13.0. The summed E-state index contributed by atoms with van der Waals surface area (Å²) in [6.07, 6.45) is -0.493. The summed E-state index contributed by atoms with van der Waals surface area (Å²) in [5.41, 5.74) is 3.21. The zero-order valence-corrected chi connectivity index (χ0v) is 22.3. The van der Waals surface area contributed by atoms with Gasteiger partial charge in [-0.25, -0.2) is 22.6 Å². The van der Waals surface area contributed by atoms with Crippen LogP contribution in [-0.2, 0) is 13.0 Å². The summed E-state index contributed by atoms with van der Waals surface area (Å²) < 4.78 is 54.8. The summed E-state index contributed by atoms with van der Waals surface area (Å²) >= 11 is 0. The second-order valence-corrected chi connectivity index (χ2v) is 10.1. The number of carbonyl (C=O) groups is 1. The molecule has 1 amide bonds. The third-order valence-corrected chi connectivity index (χ3v) is 7.18. The summed E-state index contributed by atoms with van der Waals surface area (Å²) in [5.74, 6) is -3.14. The minimum Gasteiger partial charge on any atom is -0.390 e. The van der Waals surface area contributed by atoms with E-state index in [4.69, 9.17) is 4.99 Å². The van der Waals surface area contributed by atoms with Gasteiger partial charge in [0.25, 0.3) is 5.91 Å². The molecule has 2 N–H and O–H groups in total. The van der Waals surface area contributed by atoms with Crippen molar-refractivity contribution in [3.8, 4) is 11.1 Å². The maximum atomic E-state index is 14.2. The fourth-order valence-electron chi connectivity index (χ4n) is 4.93. The number of aliphatic hydroxyl groups is 1. The fraction of sp³-hybridized carbons (Fsp3) is 0.188. The Hall–Kier alpha value is -4.50. The molecule has 0 aromatic heterocycles. The predicted octanol–water partition coefficient (Wildman–Crippen LogP) is 6.48.